The molecule has 4 atom stereocenters. The number of rotatable bonds is 6. The number of likely N-dealkylation sites (tertiary alicyclic amines) is 1. The molecule has 3 aromatic carbocycles. The maximum atomic E-state index is 14.1. The van der Waals surface area contributed by atoms with Crippen molar-refractivity contribution >= 4 is 17.4 Å². The lowest BCUT2D eigenvalue weighted by Crippen LogP contribution is -2.60. The Morgan fingerprint density at radius 1 is 0.925 bits per heavy atom. The highest BCUT2D eigenvalue weighted by atomic mass is 16.5. The Kier molecular flexibility index (Phi) is 6.25. The van der Waals surface area contributed by atoms with Gasteiger partial charge in [-0.15, -0.1) is 0 Å². The highest BCUT2D eigenvalue weighted by Gasteiger charge is 2.71. The van der Waals surface area contributed by atoms with Crippen LogP contribution in [0.3, 0.4) is 0 Å². The molecule has 7 rings (SSSR count). The van der Waals surface area contributed by atoms with E-state index in [1.54, 1.807) is 14.2 Å². The molecule has 1 saturated carbocycles. The molecular weight excluding hydrogens is 502 g/mol. The van der Waals surface area contributed by atoms with Crippen LogP contribution in [0.1, 0.15) is 46.6 Å². The Hall–Kier alpha value is -4.06. The third-order valence-corrected chi connectivity index (χ3v) is 9.75. The minimum atomic E-state index is -0.920. The molecule has 40 heavy (non-hydrogen) atoms. The topological polar surface area (TPSA) is 65.1 Å². The molecule has 206 valence electrons. The standard InChI is InChI=1S/C34H35NO5/c1-21-13-15-23(16-14-21)33-18-17-26(30-25(33)10-8-12-28(30)39-4)34(32(37)40-5)20-35(19-29(33)34)31(36)22(2)24-9-6-7-11-27(24)38-3/h6-16,26,29H,2,17-20H2,1,3-5H3. The first-order valence-corrected chi connectivity index (χ1v) is 13.8. The number of carbonyl (C=O) groups is 2. The fraction of sp³-hybridized carbons (Fsp3) is 0.353. The van der Waals surface area contributed by atoms with E-state index < -0.39 is 10.8 Å². The average molecular weight is 538 g/mol. The summed E-state index contributed by atoms with van der Waals surface area (Å²) in [5.74, 6) is 0.589. The number of amides is 1. The van der Waals surface area contributed by atoms with Gasteiger partial charge in [-0.1, -0.05) is 66.7 Å². The van der Waals surface area contributed by atoms with E-state index in [0.717, 1.165) is 29.7 Å². The summed E-state index contributed by atoms with van der Waals surface area (Å²) in [5.41, 5.74) is 4.18. The number of aryl methyl sites for hydroxylation is 1. The molecule has 0 spiro atoms. The Balaban J connectivity index is 1.54. The fourth-order valence-corrected chi connectivity index (χ4v) is 8.07. The summed E-state index contributed by atoms with van der Waals surface area (Å²) in [6.45, 7) is 6.94. The molecule has 1 amide bonds. The summed E-state index contributed by atoms with van der Waals surface area (Å²) < 4.78 is 17.0. The summed E-state index contributed by atoms with van der Waals surface area (Å²) in [4.78, 5) is 30.0. The number of nitrogens with zero attached hydrogens (tertiary/aromatic N) is 1. The molecule has 1 saturated heterocycles. The zero-order valence-electron chi connectivity index (χ0n) is 23.5. The number of hydrogen-bond donors (Lipinski definition) is 0. The second-order valence-corrected chi connectivity index (χ2v) is 11.3. The van der Waals surface area contributed by atoms with E-state index in [1.165, 1.54) is 18.2 Å². The zero-order valence-corrected chi connectivity index (χ0v) is 23.5. The molecule has 2 fully saturated rings. The third-order valence-electron chi connectivity index (χ3n) is 9.75. The van der Waals surface area contributed by atoms with E-state index in [0.29, 0.717) is 23.4 Å². The Morgan fingerprint density at radius 2 is 1.62 bits per heavy atom. The number of esters is 1. The zero-order chi connectivity index (χ0) is 28.2. The summed E-state index contributed by atoms with van der Waals surface area (Å²) in [6, 6.07) is 22.2. The van der Waals surface area contributed by atoms with Crippen molar-refractivity contribution in [2.24, 2.45) is 11.3 Å². The van der Waals surface area contributed by atoms with Gasteiger partial charge in [-0.25, -0.2) is 0 Å². The SMILES string of the molecule is C=C(C(=O)N1CC2C3(c4ccc(C)cc4)CCC(c4c(OC)cccc43)C2(C(=O)OC)C1)c1ccccc1OC. The second kappa shape index (κ2) is 9.54. The lowest BCUT2D eigenvalue weighted by molar-refractivity contribution is -0.161. The number of benzene rings is 3. The monoisotopic (exact) mass is 537 g/mol. The quantitative estimate of drug-likeness (QED) is 0.306. The van der Waals surface area contributed by atoms with Crippen LogP contribution in [0, 0.1) is 18.3 Å². The van der Waals surface area contributed by atoms with Crippen LogP contribution in [0.5, 0.6) is 11.5 Å². The molecule has 0 radical (unpaired) electrons. The van der Waals surface area contributed by atoms with E-state index in [2.05, 4.69) is 43.8 Å². The molecule has 2 bridgehead atoms. The second-order valence-electron chi connectivity index (χ2n) is 11.3. The van der Waals surface area contributed by atoms with Crippen LogP contribution >= 0.6 is 0 Å². The number of ether oxygens (including phenoxy) is 3. The van der Waals surface area contributed by atoms with Crippen molar-refractivity contribution in [1.29, 1.82) is 0 Å². The molecule has 1 heterocycles. The summed E-state index contributed by atoms with van der Waals surface area (Å²) in [6.07, 6.45) is 1.67. The first kappa shape index (κ1) is 26.2. The molecule has 6 heteroatoms. The molecule has 3 aliphatic carbocycles. The van der Waals surface area contributed by atoms with Gasteiger partial charge in [0.25, 0.3) is 5.91 Å². The van der Waals surface area contributed by atoms with Gasteiger partial charge in [0, 0.05) is 47.0 Å². The fourth-order valence-electron chi connectivity index (χ4n) is 8.07. The van der Waals surface area contributed by atoms with Gasteiger partial charge in [0.2, 0.25) is 0 Å². The number of para-hydroxylation sites is 1. The predicted octanol–water partition coefficient (Wildman–Crippen LogP) is 5.52. The van der Waals surface area contributed by atoms with Crippen molar-refractivity contribution in [3.8, 4) is 11.5 Å². The Bertz CT molecular complexity index is 1510. The van der Waals surface area contributed by atoms with Gasteiger partial charge in [0.1, 0.15) is 11.5 Å². The number of carbonyl (C=O) groups excluding carboxylic acids is 2. The maximum absolute atomic E-state index is 14.1. The average Bonchev–Trinajstić information content (AvgIpc) is 3.44. The molecule has 1 aliphatic heterocycles. The highest BCUT2D eigenvalue weighted by molar-refractivity contribution is 6.19. The Morgan fingerprint density at radius 3 is 2.33 bits per heavy atom. The van der Waals surface area contributed by atoms with E-state index >= 15 is 0 Å². The highest BCUT2D eigenvalue weighted by Crippen LogP contribution is 2.70. The van der Waals surface area contributed by atoms with Gasteiger partial charge in [-0.3, -0.25) is 9.59 Å². The number of methoxy groups -OCH3 is 3. The van der Waals surface area contributed by atoms with Gasteiger partial charge < -0.3 is 19.1 Å². The molecule has 0 N–H and O–H groups in total. The maximum Gasteiger partial charge on any atom is 0.314 e. The molecule has 4 aliphatic rings. The van der Waals surface area contributed by atoms with Crippen molar-refractivity contribution < 1.29 is 23.8 Å². The van der Waals surface area contributed by atoms with Crippen molar-refractivity contribution in [2.75, 3.05) is 34.4 Å². The summed E-state index contributed by atoms with van der Waals surface area (Å²) in [7, 11) is 4.72. The number of hydrogen-bond acceptors (Lipinski definition) is 5. The van der Waals surface area contributed by atoms with Crippen molar-refractivity contribution in [3.05, 3.63) is 101 Å². The van der Waals surface area contributed by atoms with E-state index in [1.807, 2.05) is 41.3 Å². The molecule has 4 unspecified atom stereocenters. The van der Waals surface area contributed by atoms with Crippen molar-refractivity contribution in [1.82, 2.24) is 4.90 Å². The number of fused-ring (bicyclic) bond motifs is 1. The smallest absolute Gasteiger partial charge is 0.314 e. The van der Waals surface area contributed by atoms with Gasteiger partial charge >= 0.3 is 5.97 Å². The van der Waals surface area contributed by atoms with Gasteiger partial charge in [-0.05, 0) is 43.0 Å². The normalized spacial score (nSPS) is 26.1. The van der Waals surface area contributed by atoms with Crippen LogP contribution in [0.4, 0.5) is 0 Å². The van der Waals surface area contributed by atoms with E-state index in [9.17, 15) is 9.59 Å². The van der Waals surface area contributed by atoms with Crippen LogP contribution in [-0.2, 0) is 19.7 Å². The van der Waals surface area contributed by atoms with Crippen LogP contribution in [0.25, 0.3) is 5.57 Å². The molecular formula is C34H35NO5. The summed E-state index contributed by atoms with van der Waals surface area (Å²) in [5, 5.41) is 0. The van der Waals surface area contributed by atoms with Gasteiger partial charge in [0.05, 0.1) is 26.7 Å². The van der Waals surface area contributed by atoms with Crippen molar-refractivity contribution in [3.63, 3.8) is 0 Å². The van der Waals surface area contributed by atoms with Gasteiger partial charge in [0.15, 0.2) is 0 Å². The minimum Gasteiger partial charge on any atom is -0.496 e. The first-order valence-electron chi connectivity index (χ1n) is 13.8. The van der Waals surface area contributed by atoms with Crippen LogP contribution in [0.2, 0.25) is 0 Å². The predicted molar refractivity (Wildman–Crippen MR) is 153 cm³/mol. The summed E-state index contributed by atoms with van der Waals surface area (Å²) >= 11 is 0. The largest absolute Gasteiger partial charge is 0.496 e. The lowest BCUT2D eigenvalue weighted by atomic mass is 9.42. The van der Waals surface area contributed by atoms with Crippen LogP contribution < -0.4 is 9.47 Å². The Labute approximate surface area is 235 Å². The lowest BCUT2D eigenvalue weighted by Gasteiger charge is -2.59. The third kappa shape index (κ3) is 3.41. The van der Waals surface area contributed by atoms with Crippen LogP contribution in [-0.4, -0.2) is 51.2 Å². The van der Waals surface area contributed by atoms with Crippen LogP contribution in [0.15, 0.2) is 73.3 Å². The molecule has 0 aromatic heterocycles. The minimum absolute atomic E-state index is 0.138. The molecule has 6 nitrogen and oxygen atoms in total. The first-order chi connectivity index (χ1) is 19.3. The molecule has 3 aromatic rings. The van der Waals surface area contributed by atoms with Crippen molar-refractivity contribution in [2.45, 2.75) is 31.1 Å². The van der Waals surface area contributed by atoms with E-state index in [4.69, 9.17) is 14.2 Å². The van der Waals surface area contributed by atoms with Gasteiger partial charge in [-0.2, -0.15) is 0 Å². The van der Waals surface area contributed by atoms with E-state index in [-0.39, 0.29) is 30.3 Å².